The van der Waals surface area contributed by atoms with Gasteiger partial charge in [0, 0.05) is 44.9 Å². The number of benzene rings is 3. The van der Waals surface area contributed by atoms with Crippen molar-refractivity contribution < 1.29 is 19.2 Å². The van der Waals surface area contributed by atoms with Crippen LogP contribution in [0, 0.1) is 10.1 Å². The zero-order valence-corrected chi connectivity index (χ0v) is 18.9. The van der Waals surface area contributed by atoms with Gasteiger partial charge in [-0.1, -0.05) is 30.3 Å². The lowest BCUT2D eigenvalue weighted by atomic mass is 9.96. The van der Waals surface area contributed by atoms with Crippen LogP contribution >= 0.6 is 0 Å². The Morgan fingerprint density at radius 2 is 1.58 bits per heavy atom. The summed E-state index contributed by atoms with van der Waals surface area (Å²) in [7, 11) is 6.62. The Labute approximate surface area is 192 Å². The van der Waals surface area contributed by atoms with Crippen LogP contribution in [0.5, 0.6) is 5.75 Å². The predicted molar refractivity (Wildman–Crippen MR) is 126 cm³/mol. The molecule has 0 aliphatic rings. The van der Waals surface area contributed by atoms with Gasteiger partial charge < -0.3 is 14.5 Å². The Morgan fingerprint density at radius 1 is 0.939 bits per heavy atom. The fourth-order valence-corrected chi connectivity index (χ4v) is 3.49. The Kier molecular flexibility index (Phi) is 7.07. The van der Waals surface area contributed by atoms with Crippen molar-refractivity contribution in [3.8, 4) is 5.75 Å². The molecule has 0 aliphatic heterocycles. The van der Waals surface area contributed by atoms with Crippen molar-refractivity contribution in [2.24, 2.45) is 0 Å². The number of nitro benzene ring substituents is 1. The van der Waals surface area contributed by atoms with Crippen molar-refractivity contribution in [1.82, 2.24) is 4.90 Å². The van der Waals surface area contributed by atoms with Crippen LogP contribution in [-0.2, 0) is 6.54 Å². The molecule has 0 aromatic heterocycles. The molecular formula is C25H25N3O5. The van der Waals surface area contributed by atoms with Gasteiger partial charge in [0.15, 0.2) is 5.78 Å². The number of carbonyl (C=O) groups is 2. The first-order valence-corrected chi connectivity index (χ1v) is 10.2. The summed E-state index contributed by atoms with van der Waals surface area (Å²) in [5.41, 5.74) is 1.69. The van der Waals surface area contributed by atoms with Crippen molar-refractivity contribution in [1.29, 1.82) is 0 Å². The highest BCUT2D eigenvalue weighted by molar-refractivity contribution is 6.15. The van der Waals surface area contributed by atoms with E-state index in [9.17, 15) is 19.7 Å². The Bertz CT molecular complexity index is 1190. The molecule has 0 saturated carbocycles. The molecule has 0 unspecified atom stereocenters. The Balaban J connectivity index is 1.90. The van der Waals surface area contributed by atoms with Crippen LogP contribution in [0.2, 0.25) is 0 Å². The number of rotatable bonds is 8. The molecule has 0 N–H and O–H groups in total. The van der Waals surface area contributed by atoms with E-state index in [-0.39, 0.29) is 28.3 Å². The average molecular weight is 447 g/mol. The Morgan fingerprint density at radius 3 is 2.15 bits per heavy atom. The van der Waals surface area contributed by atoms with Crippen molar-refractivity contribution in [3.05, 3.63) is 99.1 Å². The van der Waals surface area contributed by atoms with E-state index in [1.807, 2.05) is 24.3 Å². The minimum Gasteiger partial charge on any atom is -0.497 e. The summed E-state index contributed by atoms with van der Waals surface area (Å²) < 4.78 is 5.16. The number of carbonyl (C=O) groups excluding carboxylic acids is 2. The van der Waals surface area contributed by atoms with Crippen LogP contribution < -0.4 is 9.64 Å². The number of hydrogen-bond acceptors (Lipinski definition) is 6. The van der Waals surface area contributed by atoms with Gasteiger partial charge in [-0.2, -0.15) is 0 Å². The van der Waals surface area contributed by atoms with Crippen molar-refractivity contribution in [2.45, 2.75) is 6.54 Å². The molecule has 170 valence electrons. The van der Waals surface area contributed by atoms with Crippen LogP contribution in [0.1, 0.15) is 31.8 Å². The van der Waals surface area contributed by atoms with Crippen LogP contribution in [0.4, 0.5) is 11.4 Å². The fraction of sp³-hybridized carbons (Fsp3) is 0.200. The predicted octanol–water partition coefficient (Wildman–Crippen LogP) is 4.17. The standard InChI is InChI=1S/C25H25N3O5/c1-26(2)22-14-11-18(15-23(22)28(31)32)24(29)20-7-5-6-8-21(20)25(30)27(3)16-17-9-12-19(33-4)13-10-17/h5-15H,16H2,1-4H3. The van der Waals surface area contributed by atoms with E-state index in [2.05, 4.69) is 0 Å². The average Bonchev–Trinajstić information content (AvgIpc) is 2.83. The third kappa shape index (κ3) is 5.17. The molecule has 0 radical (unpaired) electrons. The first kappa shape index (κ1) is 23.5. The second-order valence-corrected chi connectivity index (χ2v) is 7.74. The first-order valence-electron chi connectivity index (χ1n) is 10.2. The van der Waals surface area contributed by atoms with Gasteiger partial charge in [0.25, 0.3) is 11.6 Å². The number of anilines is 1. The minimum atomic E-state index is -0.522. The highest BCUT2D eigenvalue weighted by Gasteiger charge is 2.24. The third-order valence-corrected chi connectivity index (χ3v) is 5.24. The van der Waals surface area contributed by atoms with Crippen molar-refractivity contribution in [2.75, 3.05) is 33.2 Å². The summed E-state index contributed by atoms with van der Waals surface area (Å²) >= 11 is 0. The van der Waals surface area contributed by atoms with E-state index in [0.717, 1.165) is 11.3 Å². The molecule has 33 heavy (non-hydrogen) atoms. The summed E-state index contributed by atoms with van der Waals surface area (Å²) in [6.45, 7) is 0.342. The lowest BCUT2D eigenvalue weighted by Gasteiger charge is -2.19. The first-order chi connectivity index (χ1) is 15.7. The minimum absolute atomic E-state index is 0.144. The molecule has 0 spiro atoms. The highest BCUT2D eigenvalue weighted by atomic mass is 16.6. The fourth-order valence-electron chi connectivity index (χ4n) is 3.49. The molecule has 8 nitrogen and oxygen atoms in total. The van der Waals surface area contributed by atoms with Gasteiger partial charge in [-0.3, -0.25) is 19.7 Å². The van der Waals surface area contributed by atoms with E-state index in [0.29, 0.717) is 12.2 Å². The molecule has 0 bridgehead atoms. The van der Waals surface area contributed by atoms with Crippen molar-refractivity contribution in [3.63, 3.8) is 0 Å². The summed E-state index contributed by atoms with van der Waals surface area (Å²) in [4.78, 5) is 40.6. The van der Waals surface area contributed by atoms with E-state index in [1.54, 1.807) is 57.4 Å². The number of ether oxygens (including phenoxy) is 1. The summed E-state index contributed by atoms with van der Waals surface area (Å²) in [5, 5.41) is 11.5. The lowest BCUT2D eigenvalue weighted by molar-refractivity contribution is -0.384. The second kappa shape index (κ2) is 9.95. The van der Waals surface area contributed by atoms with Gasteiger partial charge in [0.2, 0.25) is 0 Å². The van der Waals surface area contributed by atoms with E-state index in [1.165, 1.54) is 23.1 Å². The van der Waals surface area contributed by atoms with E-state index in [4.69, 9.17) is 4.74 Å². The van der Waals surface area contributed by atoms with Gasteiger partial charge in [-0.25, -0.2) is 0 Å². The molecule has 3 aromatic carbocycles. The molecule has 0 saturated heterocycles. The van der Waals surface area contributed by atoms with Gasteiger partial charge in [-0.15, -0.1) is 0 Å². The summed E-state index contributed by atoms with van der Waals surface area (Å²) in [5.74, 6) is -0.0579. The van der Waals surface area contributed by atoms with Gasteiger partial charge in [0.1, 0.15) is 11.4 Å². The quantitative estimate of drug-likeness (QED) is 0.292. The van der Waals surface area contributed by atoms with Gasteiger partial charge in [-0.05, 0) is 35.9 Å². The molecule has 0 heterocycles. The topological polar surface area (TPSA) is 93.0 Å². The molecule has 0 aliphatic carbocycles. The number of amides is 1. The van der Waals surface area contributed by atoms with Gasteiger partial charge >= 0.3 is 0 Å². The highest BCUT2D eigenvalue weighted by Crippen LogP contribution is 2.29. The second-order valence-electron chi connectivity index (χ2n) is 7.74. The maximum atomic E-state index is 13.3. The molecule has 0 fully saturated rings. The van der Waals surface area contributed by atoms with E-state index < -0.39 is 10.7 Å². The van der Waals surface area contributed by atoms with Crippen LogP contribution in [0.15, 0.2) is 66.7 Å². The zero-order valence-electron chi connectivity index (χ0n) is 18.9. The Hall–Kier alpha value is -4.20. The number of methoxy groups -OCH3 is 1. The number of hydrogen-bond donors (Lipinski definition) is 0. The maximum absolute atomic E-state index is 13.3. The molecular weight excluding hydrogens is 422 g/mol. The summed E-state index contributed by atoms with van der Waals surface area (Å²) in [6, 6.07) is 18.2. The largest absolute Gasteiger partial charge is 0.497 e. The molecule has 3 aromatic rings. The zero-order chi connectivity index (χ0) is 24.1. The van der Waals surface area contributed by atoms with Crippen molar-refractivity contribution >= 4 is 23.1 Å². The molecule has 3 rings (SSSR count). The number of ketones is 1. The SMILES string of the molecule is COc1ccc(CN(C)C(=O)c2ccccc2C(=O)c2ccc(N(C)C)c([N+](=O)[O-])c2)cc1. The monoisotopic (exact) mass is 447 g/mol. The maximum Gasteiger partial charge on any atom is 0.293 e. The number of nitro groups is 1. The lowest BCUT2D eigenvalue weighted by Crippen LogP contribution is -2.28. The normalized spacial score (nSPS) is 10.4. The summed E-state index contributed by atoms with van der Waals surface area (Å²) in [6.07, 6.45) is 0. The molecule has 0 atom stereocenters. The van der Waals surface area contributed by atoms with Crippen LogP contribution in [0.25, 0.3) is 0 Å². The van der Waals surface area contributed by atoms with Gasteiger partial charge in [0.05, 0.1) is 17.6 Å². The molecule has 1 amide bonds. The third-order valence-electron chi connectivity index (χ3n) is 5.24. The number of nitrogens with zero attached hydrogens (tertiary/aromatic N) is 3. The van der Waals surface area contributed by atoms with Crippen LogP contribution in [0.3, 0.4) is 0 Å². The molecule has 8 heteroatoms. The smallest absolute Gasteiger partial charge is 0.293 e. The van der Waals surface area contributed by atoms with E-state index >= 15 is 0 Å². The van der Waals surface area contributed by atoms with Crippen LogP contribution in [-0.4, -0.2) is 49.8 Å².